The number of unbranched alkanes of at least 4 members (excludes halogenated alkanes) is 1. The van der Waals surface area contributed by atoms with Crippen LogP contribution in [-0.2, 0) is 0 Å². The number of rotatable bonds is 7. The summed E-state index contributed by atoms with van der Waals surface area (Å²) >= 11 is 1.59. The van der Waals surface area contributed by atoms with Crippen LogP contribution in [0.4, 0.5) is 5.13 Å². The predicted octanol–water partition coefficient (Wildman–Crippen LogP) is 5.70. The monoisotopic (exact) mass is 340 g/mol. The van der Waals surface area contributed by atoms with E-state index >= 15 is 0 Å². The molecule has 0 amide bonds. The maximum atomic E-state index is 9.51. The first-order valence-corrected chi connectivity index (χ1v) is 9.33. The molecule has 1 atom stereocenters. The molecule has 4 heteroatoms. The number of hydrogen-bond acceptors (Lipinski definition) is 4. The number of phenols is 1. The molecular weight excluding hydrogens is 316 g/mol. The van der Waals surface area contributed by atoms with Gasteiger partial charge in [-0.2, -0.15) is 0 Å². The Bertz CT molecular complexity index is 795. The van der Waals surface area contributed by atoms with Crippen LogP contribution in [0.15, 0.2) is 42.5 Å². The molecule has 1 aromatic heterocycles. The number of nitrogens with one attached hydrogen (secondary N) is 1. The van der Waals surface area contributed by atoms with Crippen molar-refractivity contribution in [2.45, 2.75) is 39.0 Å². The molecule has 24 heavy (non-hydrogen) atoms. The summed E-state index contributed by atoms with van der Waals surface area (Å²) in [7, 11) is 0. The van der Waals surface area contributed by atoms with Crippen molar-refractivity contribution in [2.24, 2.45) is 0 Å². The molecule has 0 aliphatic carbocycles. The number of phenolic OH excluding ortho intramolecular Hbond substituents is 1. The van der Waals surface area contributed by atoms with Gasteiger partial charge in [-0.3, -0.25) is 0 Å². The Kier molecular flexibility index (Phi) is 5.36. The van der Waals surface area contributed by atoms with Crippen LogP contribution in [0.1, 0.15) is 43.2 Å². The smallest absolute Gasteiger partial charge is 0.183 e. The molecule has 3 rings (SSSR count). The summed E-state index contributed by atoms with van der Waals surface area (Å²) in [6.07, 6.45) is 3.55. The zero-order valence-electron chi connectivity index (χ0n) is 14.2. The van der Waals surface area contributed by atoms with Crippen LogP contribution in [0, 0.1) is 6.92 Å². The second-order valence-electron chi connectivity index (χ2n) is 6.41. The molecule has 2 aromatic carbocycles. The first kappa shape index (κ1) is 16.8. The van der Waals surface area contributed by atoms with E-state index in [-0.39, 0.29) is 0 Å². The van der Waals surface area contributed by atoms with E-state index in [0.717, 1.165) is 28.3 Å². The summed E-state index contributed by atoms with van der Waals surface area (Å²) in [4.78, 5) is 4.54. The molecule has 126 valence electrons. The third-order valence-corrected chi connectivity index (χ3v) is 5.33. The molecule has 0 saturated carbocycles. The van der Waals surface area contributed by atoms with Gasteiger partial charge in [-0.15, -0.1) is 0 Å². The standard InChI is InChI=1S/C20H24N2OS/c1-14-6-8-16(9-7-14)15(2)5-3-4-12-21-20-22-18-11-10-17(23)13-19(18)24-20/h6-11,13,15,23H,3-5,12H2,1-2H3,(H,21,22). The van der Waals surface area contributed by atoms with E-state index in [0.29, 0.717) is 11.7 Å². The van der Waals surface area contributed by atoms with Gasteiger partial charge in [0.1, 0.15) is 5.75 Å². The van der Waals surface area contributed by atoms with Gasteiger partial charge in [-0.1, -0.05) is 54.5 Å². The molecule has 1 heterocycles. The molecule has 0 aliphatic rings. The van der Waals surface area contributed by atoms with E-state index in [1.165, 1.54) is 24.0 Å². The van der Waals surface area contributed by atoms with Gasteiger partial charge in [-0.05, 0) is 49.4 Å². The van der Waals surface area contributed by atoms with Crippen molar-refractivity contribution in [2.75, 3.05) is 11.9 Å². The number of aromatic nitrogens is 1. The lowest BCUT2D eigenvalue weighted by atomic mass is 9.95. The van der Waals surface area contributed by atoms with Crippen molar-refractivity contribution in [3.05, 3.63) is 53.6 Å². The summed E-state index contributed by atoms with van der Waals surface area (Å²) in [5.74, 6) is 0.902. The molecule has 0 fully saturated rings. The molecule has 0 bridgehead atoms. The van der Waals surface area contributed by atoms with Gasteiger partial charge >= 0.3 is 0 Å². The maximum absolute atomic E-state index is 9.51. The molecule has 0 aliphatic heterocycles. The van der Waals surface area contributed by atoms with Crippen molar-refractivity contribution in [1.29, 1.82) is 0 Å². The van der Waals surface area contributed by atoms with E-state index in [1.54, 1.807) is 23.5 Å². The molecule has 0 spiro atoms. The van der Waals surface area contributed by atoms with Crippen LogP contribution < -0.4 is 5.32 Å². The summed E-state index contributed by atoms with van der Waals surface area (Å²) in [5, 5.41) is 13.8. The Morgan fingerprint density at radius 2 is 1.92 bits per heavy atom. The average molecular weight is 340 g/mol. The van der Waals surface area contributed by atoms with Crippen LogP contribution in [0.25, 0.3) is 10.2 Å². The molecule has 2 N–H and O–H groups in total. The van der Waals surface area contributed by atoms with E-state index in [9.17, 15) is 5.11 Å². The minimum absolute atomic E-state index is 0.294. The van der Waals surface area contributed by atoms with E-state index in [2.05, 4.69) is 48.4 Å². The summed E-state index contributed by atoms with van der Waals surface area (Å²) in [5.41, 5.74) is 3.69. The molecule has 0 saturated heterocycles. The van der Waals surface area contributed by atoms with Crippen molar-refractivity contribution in [3.63, 3.8) is 0 Å². The molecule has 1 unspecified atom stereocenters. The minimum Gasteiger partial charge on any atom is -0.508 e. The van der Waals surface area contributed by atoms with Crippen LogP contribution >= 0.6 is 11.3 Å². The summed E-state index contributed by atoms with van der Waals surface area (Å²) in [6.45, 7) is 5.37. The number of thiazole rings is 1. The molecule has 0 radical (unpaired) electrons. The van der Waals surface area contributed by atoms with Gasteiger partial charge in [-0.25, -0.2) is 4.98 Å². The molecular formula is C20H24N2OS. The number of aromatic hydroxyl groups is 1. The normalized spacial score (nSPS) is 12.4. The number of aryl methyl sites for hydroxylation is 1. The third kappa shape index (κ3) is 4.26. The van der Waals surface area contributed by atoms with E-state index in [1.807, 2.05) is 6.07 Å². The summed E-state index contributed by atoms with van der Waals surface area (Å²) < 4.78 is 1.02. The van der Waals surface area contributed by atoms with E-state index in [4.69, 9.17) is 0 Å². The Labute approximate surface area is 147 Å². The highest BCUT2D eigenvalue weighted by Crippen LogP contribution is 2.28. The average Bonchev–Trinajstić information content (AvgIpc) is 2.96. The number of fused-ring (bicyclic) bond motifs is 1. The van der Waals surface area contributed by atoms with E-state index < -0.39 is 0 Å². The highest BCUT2D eigenvalue weighted by molar-refractivity contribution is 7.22. The number of hydrogen-bond donors (Lipinski definition) is 2. The number of benzene rings is 2. The third-order valence-electron chi connectivity index (χ3n) is 4.36. The van der Waals surface area contributed by atoms with Gasteiger partial charge in [0.2, 0.25) is 0 Å². The quantitative estimate of drug-likeness (QED) is 0.543. The fourth-order valence-corrected chi connectivity index (χ4v) is 3.75. The topological polar surface area (TPSA) is 45.2 Å². The van der Waals surface area contributed by atoms with Gasteiger partial charge < -0.3 is 10.4 Å². The van der Waals surface area contributed by atoms with Gasteiger partial charge in [0, 0.05) is 6.54 Å². The van der Waals surface area contributed by atoms with Crippen LogP contribution in [0.2, 0.25) is 0 Å². The Balaban J connectivity index is 1.42. The SMILES string of the molecule is Cc1ccc(C(C)CCCCNc2nc3ccc(O)cc3s2)cc1. The highest BCUT2D eigenvalue weighted by atomic mass is 32.1. The lowest BCUT2D eigenvalue weighted by Crippen LogP contribution is -2.02. The molecule has 3 nitrogen and oxygen atoms in total. The van der Waals surface area contributed by atoms with Crippen LogP contribution in [-0.4, -0.2) is 16.6 Å². The van der Waals surface area contributed by atoms with Crippen molar-refractivity contribution in [1.82, 2.24) is 4.98 Å². The highest BCUT2D eigenvalue weighted by Gasteiger charge is 2.06. The van der Waals surface area contributed by atoms with Gasteiger partial charge in [0.05, 0.1) is 10.2 Å². The predicted molar refractivity (Wildman–Crippen MR) is 103 cm³/mol. The number of anilines is 1. The Morgan fingerprint density at radius 1 is 1.12 bits per heavy atom. The summed E-state index contributed by atoms with van der Waals surface area (Å²) in [6, 6.07) is 14.2. The fraction of sp³-hybridized carbons (Fsp3) is 0.350. The Hall–Kier alpha value is -2.07. The fourth-order valence-electron chi connectivity index (χ4n) is 2.82. The van der Waals surface area contributed by atoms with Crippen LogP contribution in [0.3, 0.4) is 0 Å². The number of nitrogens with zero attached hydrogens (tertiary/aromatic N) is 1. The van der Waals surface area contributed by atoms with Gasteiger partial charge in [0.15, 0.2) is 5.13 Å². The minimum atomic E-state index is 0.294. The first-order chi connectivity index (χ1) is 11.6. The van der Waals surface area contributed by atoms with Crippen molar-refractivity contribution in [3.8, 4) is 5.75 Å². The first-order valence-electron chi connectivity index (χ1n) is 8.52. The van der Waals surface area contributed by atoms with Crippen molar-refractivity contribution < 1.29 is 5.11 Å². The lowest BCUT2D eigenvalue weighted by molar-refractivity contribution is 0.476. The maximum Gasteiger partial charge on any atom is 0.183 e. The second-order valence-corrected chi connectivity index (χ2v) is 7.44. The van der Waals surface area contributed by atoms with Gasteiger partial charge in [0.25, 0.3) is 0 Å². The Morgan fingerprint density at radius 3 is 2.71 bits per heavy atom. The largest absolute Gasteiger partial charge is 0.508 e. The zero-order chi connectivity index (χ0) is 16.9. The van der Waals surface area contributed by atoms with Crippen LogP contribution in [0.5, 0.6) is 5.75 Å². The second kappa shape index (κ2) is 7.67. The zero-order valence-corrected chi connectivity index (χ0v) is 15.1. The molecule has 3 aromatic rings. The van der Waals surface area contributed by atoms with Crippen molar-refractivity contribution >= 4 is 26.7 Å². The lowest BCUT2D eigenvalue weighted by Gasteiger charge is -2.12.